The molecule has 3 aromatic heterocycles. The van der Waals surface area contributed by atoms with Crippen LogP contribution in [0.2, 0.25) is 0 Å². The molecule has 0 aliphatic carbocycles. The first-order valence-electron chi connectivity index (χ1n) is 8.39. The Kier molecular flexibility index (Phi) is 5.15. The number of rotatable bonds is 7. The topological polar surface area (TPSA) is 171 Å². The highest BCUT2D eigenvalue weighted by Gasteiger charge is 2.33. The summed E-state index contributed by atoms with van der Waals surface area (Å²) < 4.78 is 6.66. The molecule has 148 valence electrons. The van der Waals surface area contributed by atoms with Gasteiger partial charge in [0.05, 0.1) is 4.92 Å². The van der Waals surface area contributed by atoms with Crippen LogP contribution >= 0.6 is 0 Å². The Hall–Kier alpha value is -3.64. The molecule has 13 heteroatoms. The molecular weight excluding hydrogens is 370 g/mol. The first-order valence-corrected chi connectivity index (χ1v) is 8.39. The standard InChI is InChI=1S/C15H19N9O4/c1-15(2,3)11(14-20-13(22-28-14)12-16-8-17-21-12)19-10(25)4-5-23-7-9(6-18-23)24(26)27/h6-8,11H,4-5H2,1-3H3,(H,19,25)(H,16,17,21)/t11-/m0/s1. The van der Waals surface area contributed by atoms with E-state index in [1.807, 2.05) is 20.8 Å². The molecule has 1 atom stereocenters. The number of aromatic amines is 1. The number of nitrogens with zero attached hydrogens (tertiary/aromatic N) is 7. The summed E-state index contributed by atoms with van der Waals surface area (Å²) in [5, 5.41) is 27.7. The second-order valence-corrected chi connectivity index (χ2v) is 7.13. The lowest BCUT2D eigenvalue weighted by Crippen LogP contribution is -2.37. The Morgan fingerprint density at radius 1 is 1.46 bits per heavy atom. The molecule has 0 aliphatic heterocycles. The van der Waals surface area contributed by atoms with E-state index in [2.05, 4.69) is 35.7 Å². The van der Waals surface area contributed by atoms with Crippen molar-refractivity contribution in [2.75, 3.05) is 0 Å². The fourth-order valence-corrected chi connectivity index (χ4v) is 2.43. The van der Waals surface area contributed by atoms with Crippen molar-refractivity contribution in [1.29, 1.82) is 0 Å². The van der Waals surface area contributed by atoms with Gasteiger partial charge in [0.15, 0.2) is 5.82 Å². The molecule has 0 aromatic carbocycles. The van der Waals surface area contributed by atoms with Crippen LogP contribution in [-0.2, 0) is 11.3 Å². The Morgan fingerprint density at radius 3 is 2.86 bits per heavy atom. The summed E-state index contributed by atoms with van der Waals surface area (Å²) in [6.07, 6.45) is 3.82. The summed E-state index contributed by atoms with van der Waals surface area (Å²) >= 11 is 0. The number of nitro groups is 1. The molecular formula is C15H19N9O4. The van der Waals surface area contributed by atoms with E-state index in [-0.39, 0.29) is 36.3 Å². The smallest absolute Gasteiger partial charge is 0.306 e. The maximum absolute atomic E-state index is 12.4. The molecule has 0 aliphatic rings. The number of carbonyl (C=O) groups is 1. The van der Waals surface area contributed by atoms with Crippen molar-refractivity contribution < 1.29 is 14.2 Å². The monoisotopic (exact) mass is 389 g/mol. The lowest BCUT2D eigenvalue weighted by molar-refractivity contribution is -0.385. The van der Waals surface area contributed by atoms with E-state index in [9.17, 15) is 14.9 Å². The van der Waals surface area contributed by atoms with Crippen molar-refractivity contribution in [3.8, 4) is 11.6 Å². The lowest BCUT2D eigenvalue weighted by Gasteiger charge is -2.28. The molecule has 28 heavy (non-hydrogen) atoms. The first kappa shape index (κ1) is 19.1. The van der Waals surface area contributed by atoms with E-state index in [1.165, 1.54) is 17.2 Å². The summed E-state index contributed by atoms with van der Waals surface area (Å²) in [4.78, 5) is 30.8. The molecule has 0 unspecified atom stereocenters. The Morgan fingerprint density at radius 2 is 2.25 bits per heavy atom. The highest BCUT2D eigenvalue weighted by Crippen LogP contribution is 2.32. The summed E-state index contributed by atoms with van der Waals surface area (Å²) in [5.74, 6) is 0.550. The molecule has 3 aromatic rings. The van der Waals surface area contributed by atoms with Crippen LogP contribution < -0.4 is 5.32 Å². The van der Waals surface area contributed by atoms with Crippen molar-refractivity contribution in [2.45, 2.75) is 39.8 Å². The number of carbonyl (C=O) groups excluding carboxylic acids is 1. The average molecular weight is 389 g/mol. The fraction of sp³-hybridized carbons (Fsp3) is 0.467. The SMILES string of the molecule is CC(C)(C)[C@@H](NC(=O)CCn1cc([N+](=O)[O-])cn1)c1nc(-c2ncn[nH]2)no1. The summed E-state index contributed by atoms with van der Waals surface area (Å²) in [5.41, 5.74) is -0.537. The number of H-pyrrole nitrogens is 1. The van der Waals surface area contributed by atoms with Crippen molar-refractivity contribution in [3.05, 3.63) is 34.7 Å². The molecule has 0 saturated heterocycles. The molecule has 0 bridgehead atoms. The molecule has 0 radical (unpaired) electrons. The van der Waals surface area contributed by atoms with Crippen molar-refractivity contribution in [1.82, 2.24) is 40.4 Å². The van der Waals surface area contributed by atoms with Crippen molar-refractivity contribution in [2.24, 2.45) is 5.41 Å². The van der Waals surface area contributed by atoms with Crippen LogP contribution in [0.3, 0.4) is 0 Å². The number of aromatic nitrogens is 7. The number of hydrogen-bond acceptors (Lipinski definition) is 9. The zero-order valence-electron chi connectivity index (χ0n) is 15.5. The minimum atomic E-state index is -0.545. The van der Waals surface area contributed by atoms with E-state index in [0.717, 1.165) is 6.20 Å². The third-order valence-electron chi connectivity index (χ3n) is 3.89. The van der Waals surface area contributed by atoms with E-state index < -0.39 is 16.4 Å². The van der Waals surface area contributed by atoms with Crippen LogP contribution in [0.1, 0.15) is 39.1 Å². The second kappa shape index (κ2) is 7.54. The summed E-state index contributed by atoms with van der Waals surface area (Å²) in [6, 6.07) is -0.545. The van der Waals surface area contributed by atoms with Gasteiger partial charge in [0.2, 0.25) is 17.6 Å². The number of amides is 1. The third kappa shape index (κ3) is 4.36. The van der Waals surface area contributed by atoms with Crippen molar-refractivity contribution >= 4 is 11.6 Å². The highest BCUT2D eigenvalue weighted by molar-refractivity contribution is 5.76. The molecule has 0 fully saturated rings. The molecule has 3 heterocycles. The van der Waals surface area contributed by atoms with Crippen LogP contribution in [0.25, 0.3) is 11.6 Å². The number of nitrogens with one attached hydrogen (secondary N) is 2. The first-order chi connectivity index (χ1) is 13.2. The van der Waals surface area contributed by atoms with Crippen LogP contribution in [-0.4, -0.2) is 45.9 Å². The molecule has 13 nitrogen and oxygen atoms in total. The van der Waals surface area contributed by atoms with Gasteiger partial charge in [0.1, 0.15) is 24.8 Å². The van der Waals surface area contributed by atoms with Crippen LogP contribution in [0.5, 0.6) is 0 Å². The van der Waals surface area contributed by atoms with Gasteiger partial charge in [-0.15, -0.1) is 0 Å². The molecule has 1 amide bonds. The van der Waals surface area contributed by atoms with Crippen LogP contribution in [0.15, 0.2) is 23.2 Å². The molecule has 0 saturated carbocycles. The van der Waals surface area contributed by atoms with Crippen LogP contribution in [0, 0.1) is 15.5 Å². The number of hydrogen-bond donors (Lipinski definition) is 2. The fourth-order valence-electron chi connectivity index (χ4n) is 2.43. The largest absolute Gasteiger partial charge is 0.344 e. The van der Waals surface area contributed by atoms with Gasteiger partial charge in [-0.25, -0.2) is 4.98 Å². The maximum atomic E-state index is 12.4. The second-order valence-electron chi connectivity index (χ2n) is 7.13. The zero-order valence-corrected chi connectivity index (χ0v) is 15.5. The Labute approximate surface area is 158 Å². The van der Waals surface area contributed by atoms with Gasteiger partial charge < -0.3 is 9.84 Å². The lowest BCUT2D eigenvalue weighted by atomic mass is 9.86. The summed E-state index contributed by atoms with van der Waals surface area (Å²) in [6.45, 7) is 5.97. The van der Waals surface area contributed by atoms with Gasteiger partial charge in [0.25, 0.3) is 0 Å². The summed E-state index contributed by atoms with van der Waals surface area (Å²) in [7, 11) is 0. The van der Waals surface area contributed by atoms with Crippen LogP contribution in [0.4, 0.5) is 5.69 Å². The predicted molar refractivity (Wildman–Crippen MR) is 93.5 cm³/mol. The van der Waals surface area contributed by atoms with Gasteiger partial charge in [-0.2, -0.15) is 15.2 Å². The highest BCUT2D eigenvalue weighted by atomic mass is 16.6. The van der Waals surface area contributed by atoms with E-state index in [4.69, 9.17) is 4.52 Å². The Bertz CT molecular complexity index is 954. The minimum Gasteiger partial charge on any atom is -0.344 e. The molecule has 0 spiro atoms. The Balaban J connectivity index is 1.67. The zero-order chi connectivity index (χ0) is 20.3. The van der Waals surface area contributed by atoms with Gasteiger partial charge in [-0.1, -0.05) is 25.9 Å². The predicted octanol–water partition coefficient (Wildman–Crippen LogP) is 1.25. The van der Waals surface area contributed by atoms with Gasteiger partial charge in [-0.3, -0.25) is 24.7 Å². The van der Waals surface area contributed by atoms with Gasteiger partial charge in [0, 0.05) is 13.0 Å². The normalized spacial score (nSPS) is 12.7. The van der Waals surface area contributed by atoms with E-state index in [0.29, 0.717) is 5.82 Å². The van der Waals surface area contributed by atoms with E-state index in [1.54, 1.807) is 0 Å². The molecule has 3 rings (SSSR count). The number of aryl methyl sites for hydroxylation is 1. The molecule has 2 N–H and O–H groups in total. The van der Waals surface area contributed by atoms with Crippen molar-refractivity contribution in [3.63, 3.8) is 0 Å². The quantitative estimate of drug-likeness (QED) is 0.445. The van der Waals surface area contributed by atoms with E-state index >= 15 is 0 Å². The third-order valence-corrected chi connectivity index (χ3v) is 3.89. The average Bonchev–Trinajstić information content (AvgIpc) is 3.37. The maximum Gasteiger partial charge on any atom is 0.306 e. The van der Waals surface area contributed by atoms with Gasteiger partial charge in [-0.05, 0) is 5.41 Å². The van der Waals surface area contributed by atoms with Gasteiger partial charge >= 0.3 is 5.69 Å². The minimum absolute atomic E-state index is 0.0779.